The number of hydrogen-bond acceptors (Lipinski definition) is 7. The molecule has 2 aromatic carbocycles. The van der Waals surface area contributed by atoms with E-state index < -0.39 is 16.1 Å². The highest BCUT2D eigenvalue weighted by atomic mass is 31.1. The molecule has 0 fully saturated rings. The Morgan fingerprint density at radius 3 is 1.97 bits per heavy atom. The number of ether oxygens (including phenoxy) is 4. The zero-order chi connectivity index (χ0) is 28.0. The third kappa shape index (κ3) is 6.63. The lowest BCUT2D eigenvalue weighted by Gasteiger charge is -2.37. The van der Waals surface area contributed by atoms with Crippen LogP contribution in [-0.4, -0.2) is 85.7 Å². The van der Waals surface area contributed by atoms with Crippen LogP contribution in [0.1, 0.15) is 12.8 Å². The van der Waals surface area contributed by atoms with Gasteiger partial charge in [-0.3, -0.25) is 9.34 Å². The molecular weight excluding hydrogens is 516 g/mol. The summed E-state index contributed by atoms with van der Waals surface area (Å²) >= 11 is 0. The van der Waals surface area contributed by atoms with E-state index in [-0.39, 0.29) is 5.66 Å². The third-order valence-corrected chi connectivity index (χ3v) is 12.0. The van der Waals surface area contributed by atoms with Crippen LogP contribution < -0.4 is 30.3 Å². The third-order valence-electron chi connectivity index (χ3n) is 6.54. The van der Waals surface area contributed by atoms with Crippen LogP contribution in [0, 0.1) is 0 Å². The monoisotopic (exact) mass is 559 g/mol. The van der Waals surface area contributed by atoms with Crippen LogP contribution in [0.3, 0.4) is 0 Å². The fraction of sp³-hybridized carbons (Fsp3) is 0.448. The molecule has 0 aromatic heterocycles. The first-order chi connectivity index (χ1) is 18.2. The van der Waals surface area contributed by atoms with Gasteiger partial charge in [0, 0.05) is 48.2 Å². The predicted molar refractivity (Wildman–Crippen MR) is 164 cm³/mol. The van der Waals surface area contributed by atoms with Crippen molar-refractivity contribution in [1.82, 2.24) is 9.34 Å². The molecule has 0 spiro atoms. The van der Waals surface area contributed by atoms with E-state index >= 15 is 0 Å². The lowest BCUT2D eigenvalue weighted by molar-refractivity contribution is 0.269. The van der Waals surface area contributed by atoms with Crippen LogP contribution in [-0.2, 0) is 9.47 Å². The summed E-state index contributed by atoms with van der Waals surface area (Å²) in [7, 11) is 18.0. The summed E-state index contributed by atoms with van der Waals surface area (Å²) in [5.74, 6) is 3.38. The van der Waals surface area contributed by atoms with Gasteiger partial charge in [-0.2, -0.15) is 0 Å². The minimum absolute atomic E-state index is 0.124. The van der Waals surface area contributed by atoms with Gasteiger partial charge >= 0.3 is 0 Å². The molecule has 7 nitrogen and oxygen atoms in total. The molecule has 0 bridgehead atoms. The maximum atomic E-state index is 6.10. The van der Waals surface area contributed by atoms with Crippen molar-refractivity contribution in [2.75, 3.05) is 75.6 Å². The molecule has 0 heterocycles. The lowest BCUT2D eigenvalue weighted by atomic mass is 10.2. The molecule has 0 amide bonds. The Labute approximate surface area is 231 Å². The normalized spacial score (nSPS) is 16.6. The molecule has 3 rings (SSSR count). The van der Waals surface area contributed by atoms with E-state index in [1.807, 2.05) is 12.1 Å². The van der Waals surface area contributed by atoms with Crippen molar-refractivity contribution >= 4 is 37.7 Å². The Kier molecular flexibility index (Phi) is 10.9. The molecule has 2 atom stereocenters. The number of anilines is 1. The van der Waals surface area contributed by atoms with Gasteiger partial charge in [-0.25, -0.2) is 0 Å². The van der Waals surface area contributed by atoms with Gasteiger partial charge in [0.15, 0.2) is 0 Å². The molecule has 0 radical (unpaired) electrons. The molecule has 0 N–H and O–H groups in total. The zero-order valence-corrected chi connectivity index (χ0v) is 26.3. The largest absolute Gasteiger partial charge is 0.500 e. The topological polar surface area (TPSA) is 46.6 Å². The molecule has 0 saturated heterocycles. The maximum Gasteiger partial charge on any atom is 0.130 e. The molecule has 2 aromatic rings. The molecule has 1 aliphatic carbocycles. The second-order valence-electron chi connectivity index (χ2n) is 9.61. The predicted octanol–water partition coefficient (Wildman–Crippen LogP) is 4.49. The maximum absolute atomic E-state index is 6.10. The van der Waals surface area contributed by atoms with Crippen LogP contribution in [0.15, 0.2) is 60.1 Å². The SMILES string of the molecule is COC1=CCCC(P(c2ccc(OC)cc2OC)c2cc(N(C)C)ccc2P(N(C)C)N(C)C)C(OC)=C1. The molecule has 9 heteroatoms. The van der Waals surface area contributed by atoms with Crippen LogP contribution in [0.25, 0.3) is 0 Å². The van der Waals surface area contributed by atoms with Crippen molar-refractivity contribution in [2.45, 2.75) is 18.5 Å². The number of benzene rings is 2. The number of allylic oxidation sites excluding steroid dienone is 3. The van der Waals surface area contributed by atoms with E-state index in [1.165, 1.54) is 21.6 Å². The second-order valence-corrected chi connectivity index (χ2v) is 14.6. The van der Waals surface area contributed by atoms with E-state index in [0.29, 0.717) is 0 Å². The van der Waals surface area contributed by atoms with Crippen molar-refractivity contribution in [2.24, 2.45) is 0 Å². The first-order valence-electron chi connectivity index (χ1n) is 12.6. The molecule has 2 unspecified atom stereocenters. The van der Waals surface area contributed by atoms with Crippen LogP contribution in [0.2, 0.25) is 0 Å². The Bertz CT molecular complexity index is 1140. The van der Waals surface area contributed by atoms with Crippen molar-refractivity contribution in [3.05, 3.63) is 60.1 Å². The average molecular weight is 560 g/mol. The van der Waals surface area contributed by atoms with Gasteiger partial charge in [-0.15, -0.1) is 0 Å². The van der Waals surface area contributed by atoms with Gasteiger partial charge in [0.2, 0.25) is 0 Å². The summed E-state index contributed by atoms with van der Waals surface area (Å²) in [5.41, 5.74) is 1.29. The molecular formula is C29H43N3O4P2. The summed E-state index contributed by atoms with van der Waals surface area (Å²) in [5, 5.41) is 3.84. The summed E-state index contributed by atoms with van der Waals surface area (Å²) in [6, 6.07) is 13.1. The summed E-state index contributed by atoms with van der Waals surface area (Å²) in [6.45, 7) is 0. The number of rotatable bonds is 11. The minimum Gasteiger partial charge on any atom is -0.500 e. The highest BCUT2D eigenvalue weighted by Crippen LogP contribution is 2.51. The number of hydrogen-bond donors (Lipinski definition) is 0. The van der Waals surface area contributed by atoms with E-state index in [0.717, 1.165) is 35.9 Å². The van der Waals surface area contributed by atoms with E-state index in [2.05, 4.69) is 92.9 Å². The fourth-order valence-corrected chi connectivity index (χ4v) is 10.4. The minimum atomic E-state index is -0.970. The highest BCUT2D eigenvalue weighted by Gasteiger charge is 2.35. The first-order valence-corrected chi connectivity index (χ1v) is 15.3. The fourth-order valence-electron chi connectivity index (χ4n) is 4.80. The zero-order valence-electron chi connectivity index (χ0n) is 24.5. The standard InChI is InChI=1S/C29H43N3O4P2/c1-30(2)21-14-16-28(38(31(3)4)32(5)6)29(18-21)37(27-17-15-23(34-8)20-25(27)36-10)26-13-11-12-22(33-7)19-24(26)35-9/h12,14-20,26H,11,13H2,1-10H3. The first kappa shape index (κ1) is 30.2. The van der Waals surface area contributed by atoms with Crippen molar-refractivity contribution < 1.29 is 18.9 Å². The molecule has 1 aliphatic rings. The Morgan fingerprint density at radius 1 is 0.737 bits per heavy atom. The summed E-state index contributed by atoms with van der Waals surface area (Å²) in [4.78, 5) is 2.17. The summed E-state index contributed by atoms with van der Waals surface area (Å²) in [6.07, 6.45) is 6.04. The number of nitrogens with zero attached hydrogens (tertiary/aromatic N) is 3. The number of methoxy groups -OCH3 is 4. The molecule has 0 saturated carbocycles. The Morgan fingerprint density at radius 2 is 1.42 bits per heavy atom. The Balaban J connectivity index is 2.40. The van der Waals surface area contributed by atoms with Crippen molar-refractivity contribution in [1.29, 1.82) is 0 Å². The van der Waals surface area contributed by atoms with E-state index in [1.54, 1.807) is 28.4 Å². The molecule has 0 aliphatic heterocycles. The van der Waals surface area contributed by atoms with Crippen LogP contribution in [0.4, 0.5) is 5.69 Å². The van der Waals surface area contributed by atoms with E-state index in [9.17, 15) is 0 Å². The molecule has 208 valence electrons. The van der Waals surface area contributed by atoms with Crippen molar-refractivity contribution in [3.63, 3.8) is 0 Å². The smallest absolute Gasteiger partial charge is 0.130 e. The highest BCUT2D eigenvalue weighted by molar-refractivity contribution is 7.76. The Hall–Kier alpha value is -2.30. The van der Waals surface area contributed by atoms with Crippen LogP contribution in [0.5, 0.6) is 11.5 Å². The van der Waals surface area contributed by atoms with Gasteiger partial charge in [0.05, 0.1) is 36.7 Å². The quantitative estimate of drug-likeness (QED) is 0.376. The van der Waals surface area contributed by atoms with Gasteiger partial charge < -0.3 is 23.8 Å². The van der Waals surface area contributed by atoms with Gasteiger partial charge in [-0.05, 0) is 90.7 Å². The summed E-state index contributed by atoms with van der Waals surface area (Å²) < 4.78 is 28.0. The average Bonchev–Trinajstić information content (AvgIpc) is 3.11. The van der Waals surface area contributed by atoms with Gasteiger partial charge in [0.25, 0.3) is 0 Å². The van der Waals surface area contributed by atoms with E-state index in [4.69, 9.17) is 18.9 Å². The van der Waals surface area contributed by atoms with Gasteiger partial charge in [-0.1, -0.05) is 0 Å². The van der Waals surface area contributed by atoms with Crippen LogP contribution >= 0.6 is 16.1 Å². The lowest BCUT2D eigenvalue weighted by Crippen LogP contribution is -2.37. The van der Waals surface area contributed by atoms with Gasteiger partial charge in [0.1, 0.15) is 23.0 Å². The van der Waals surface area contributed by atoms with Crippen molar-refractivity contribution in [3.8, 4) is 11.5 Å². The second kappa shape index (κ2) is 13.7. The molecule has 38 heavy (non-hydrogen) atoms.